The summed E-state index contributed by atoms with van der Waals surface area (Å²) in [6, 6.07) is 14.0. The van der Waals surface area contributed by atoms with Crippen LogP contribution in [0, 0.1) is 0 Å². The molecule has 3 aromatic heterocycles. The van der Waals surface area contributed by atoms with Crippen LogP contribution >= 0.6 is 0 Å². The first-order chi connectivity index (χ1) is 10.4. The van der Waals surface area contributed by atoms with Crippen LogP contribution in [0.3, 0.4) is 0 Å². The predicted octanol–water partition coefficient (Wildman–Crippen LogP) is 3.12. The highest BCUT2D eigenvalue weighted by Gasteiger charge is 2.09. The van der Waals surface area contributed by atoms with E-state index in [1.807, 2.05) is 36.4 Å². The smallest absolute Gasteiger partial charge is 0.154 e. The molecule has 2 N–H and O–H groups in total. The zero-order chi connectivity index (χ0) is 14.1. The number of nitrogens with zero attached hydrogens (tertiary/aromatic N) is 3. The number of pyridine rings is 1. The molecule has 102 valence electrons. The van der Waals surface area contributed by atoms with Crippen molar-refractivity contribution >= 4 is 27.8 Å². The van der Waals surface area contributed by atoms with Crippen molar-refractivity contribution in [2.24, 2.45) is 0 Å². The highest BCUT2D eigenvalue weighted by atomic mass is 15.0. The molecule has 3 heterocycles. The quantitative estimate of drug-likeness (QED) is 0.603. The molecule has 0 amide bonds. The van der Waals surface area contributed by atoms with Crippen LogP contribution in [0.5, 0.6) is 0 Å². The Balaban J connectivity index is 1.75. The number of aromatic amines is 1. The van der Waals surface area contributed by atoms with Crippen molar-refractivity contribution in [2.75, 3.05) is 5.32 Å². The predicted molar refractivity (Wildman–Crippen MR) is 83.0 cm³/mol. The zero-order valence-corrected chi connectivity index (χ0v) is 11.2. The standard InChI is InChI=1S/C16H13N5/c1-2-7-13-12(6-1)14-15(21-13)16(20-10-19-14)18-9-11-5-3-4-8-17-11/h1-8,10,21H,9H2,(H,18,19,20). The van der Waals surface area contributed by atoms with Crippen LogP contribution in [-0.4, -0.2) is 19.9 Å². The fourth-order valence-electron chi connectivity index (χ4n) is 2.45. The van der Waals surface area contributed by atoms with Gasteiger partial charge in [-0.05, 0) is 18.2 Å². The number of hydrogen-bond donors (Lipinski definition) is 2. The Morgan fingerprint density at radius 1 is 0.952 bits per heavy atom. The lowest BCUT2D eigenvalue weighted by Gasteiger charge is -2.05. The molecule has 0 atom stereocenters. The van der Waals surface area contributed by atoms with Crippen molar-refractivity contribution in [1.82, 2.24) is 19.9 Å². The van der Waals surface area contributed by atoms with Gasteiger partial charge in [0.15, 0.2) is 5.82 Å². The van der Waals surface area contributed by atoms with Gasteiger partial charge in [0.25, 0.3) is 0 Å². The number of para-hydroxylation sites is 1. The molecule has 0 saturated heterocycles. The Kier molecular flexibility index (Phi) is 2.74. The molecule has 0 spiro atoms. The van der Waals surface area contributed by atoms with Crippen molar-refractivity contribution in [3.05, 3.63) is 60.7 Å². The van der Waals surface area contributed by atoms with E-state index in [0.29, 0.717) is 6.54 Å². The van der Waals surface area contributed by atoms with E-state index in [1.54, 1.807) is 12.5 Å². The lowest BCUT2D eigenvalue weighted by molar-refractivity contribution is 1.03. The fraction of sp³-hybridized carbons (Fsp3) is 0.0625. The maximum Gasteiger partial charge on any atom is 0.154 e. The Bertz CT molecular complexity index is 898. The number of rotatable bonds is 3. The average Bonchev–Trinajstić information content (AvgIpc) is 2.93. The van der Waals surface area contributed by atoms with E-state index in [-0.39, 0.29) is 0 Å². The summed E-state index contributed by atoms with van der Waals surface area (Å²) in [5.74, 6) is 0.793. The number of aromatic nitrogens is 4. The van der Waals surface area contributed by atoms with Crippen molar-refractivity contribution in [2.45, 2.75) is 6.54 Å². The second-order valence-electron chi connectivity index (χ2n) is 4.79. The van der Waals surface area contributed by atoms with Gasteiger partial charge in [-0.25, -0.2) is 9.97 Å². The molecule has 4 rings (SSSR count). The molecule has 1 aromatic carbocycles. The molecule has 21 heavy (non-hydrogen) atoms. The summed E-state index contributed by atoms with van der Waals surface area (Å²) >= 11 is 0. The first-order valence-electron chi connectivity index (χ1n) is 6.77. The lowest BCUT2D eigenvalue weighted by Crippen LogP contribution is -2.03. The molecular weight excluding hydrogens is 262 g/mol. The topological polar surface area (TPSA) is 66.5 Å². The van der Waals surface area contributed by atoms with E-state index in [4.69, 9.17) is 0 Å². The molecule has 5 nitrogen and oxygen atoms in total. The molecule has 0 radical (unpaired) electrons. The van der Waals surface area contributed by atoms with Gasteiger partial charge in [0.2, 0.25) is 0 Å². The summed E-state index contributed by atoms with van der Waals surface area (Å²) in [5, 5.41) is 4.43. The SMILES string of the molecule is c1ccc(CNc2ncnc3c2[nH]c2ccccc23)nc1. The Morgan fingerprint density at radius 3 is 2.76 bits per heavy atom. The molecule has 0 saturated carbocycles. The minimum atomic E-state index is 0.627. The summed E-state index contributed by atoms with van der Waals surface area (Å²) in [5.41, 5.74) is 3.90. The minimum Gasteiger partial charge on any atom is -0.363 e. The molecule has 0 aliphatic heterocycles. The van der Waals surface area contributed by atoms with Crippen LogP contribution in [-0.2, 0) is 6.54 Å². The van der Waals surface area contributed by atoms with Gasteiger partial charge in [0, 0.05) is 17.1 Å². The summed E-state index contributed by atoms with van der Waals surface area (Å²) in [6.07, 6.45) is 3.37. The first-order valence-corrected chi connectivity index (χ1v) is 6.77. The fourth-order valence-corrected chi connectivity index (χ4v) is 2.45. The lowest BCUT2D eigenvalue weighted by atomic mass is 10.2. The van der Waals surface area contributed by atoms with Gasteiger partial charge in [-0.3, -0.25) is 4.98 Å². The molecule has 5 heteroatoms. The minimum absolute atomic E-state index is 0.627. The zero-order valence-electron chi connectivity index (χ0n) is 11.2. The van der Waals surface area contributed by atoms with E-state index >= 15 is 0 Å². The van der Waals surface area contributed by atoms with Crippen LogP contribution in [0.25, 0.3) is 21.9 Å². The molecule has 0 bridgehead atoms. The van der Waals surface area contributed by atoms with E-state index in [2.05, 4.69) is 31.3 Å². The first kappa shape index (κ1) is 11.8. The van der Waals surface area contributed by atoms with Crippen molar-refractivity contribution in [3.8, 4) is 0 Å². The van der Waals surface area contributed by atoms with Gasteiger partial charge in [-0.1, -0.05) is 24.3 Å². The molecule has 0 aliphatic carbocycles. The third-order valence-corrected chi connectivity index (χ3v) is 3.45. The van der Waals surface area contributed by atoms with Gasteiger partial charge in [-0.15, -0.1) is 0 Å². The van der Waals surface area contributed by atoms with Gasteiger partial charge in [-0.2, -0.15) is 0 Å². The Labute approximate surface area is 121 Å². The number of benzene rings is 1. The normalized spacial score (nSPS) is 11.0. The van der Waals surface area contributed by atoms with Crippen LogP contribution in [0.4, 0.5) is 5.82 Å². The Hall–Kier alpha value is -2.95. The average molecular weight is 275 g/mol. The van der Waals surface area contributed by atoms with Gasteiger partial charge in [0.05, 0.1) is 12.2 Å². The van der Waals surface area contributed by atoms with E-state index in [9.17, 15) is 0 Å². The van der Waals surface area contributed by atoms with Gasteiger partial charge >= 0.3 is 0 Å². The van der Waals surface area contributed by atoms with Gasteiger partial charge < -0.3 is 10.3 Å². The second-order valence-corrected chi connectivity index (χ2v) is 4.79. The molecular formula is C16H13N5. The van der Waals surface area contributed by atoms with Crippen LogP contribution in [0.15, 0.2) is 55.0 Å². The monoisotopic (exact) mass is 275 g/mol. The third kappa shape index (κ3) is 2.08. The number of hydrogen-bond acceptors (Lipinski definition) is 4. The van der Waals surface area contributed by atoms with Crippen LogP contribution in [0.2, 0.25) is 0 Å². The van der Waals surface area contributed by atoms with Gasteiger partial charge in [0.1, 0.15) is 17.4 Å². The number of anilines is 1. The maximum absolute atomic E-state index is 4.39. The Morgan fingerprint density at radius 2 is 1.86 bits per heavy atom. The van der Waals surface area contributed by atoms with Crippen molar-refractivity contribution in [1.29, 1.82) is 0 Å². The summed E-state index contributed by atoms with van der Waals surface area (Å²) < 4.78 is 0. The summed E-state index contributed by atoms with van der Waals surface area (Å²) in [6.45, 7) is 0.627. The van der Waals surface area contributed by atoms with Crippen molar-refractivity contribution in [3.63, 3.8) is 0 Å². The molecule has 0 fully saturated rings. The number of nitrogens with one attached hydrogen (secondary N) is 2. The largest absolute Gasteiger partial charge is 0.363 e. The third-order valence-electron chi connectivity index (χ3n) is 3.45. The summed E-state index contributed by atoms with van der Waals surface area (Å²) in [4.78, 5) is 16.4. The maximum atomic E-state index is 4.39. The van der Waals surface area contributed by atoms with Crippen molar-refractivity contribution < 1.29 is 0 Å². The van der Waals surface area contributed by atoms with E-state index in [1.165, 1.54) is 0 Å². The number of H-pyrrole nitrogens is 1. The van der Waals surface area contributed by atoms with E-state index < -0.39 is 0 Å². The van der Waals surface area contributed by atoms with Crippen LogP contribution in [0.1, 0.15) is 5.69 Å². The highest BCUT2D eigenvalue weighted by molar-refractivity contribution is 6.07. The molecule has 4 aromatic rings. The summed E-state index contributed by atoms with van der Waals surface area (Å²) in [7, 11) is 0. The molecule has 0 unspecified atom stereocenters. The van der Waals surface area contributed by atoms with Crippen LogP contribution < -0.4 is 5.32 Å². The second kappa shape index (κ2) is 4.86. The highest BCUT2D eigenvalue weighted by Crippen LogP contribution is 2.26. The number of fused-ring (bicyclic) bond motifs is 3. The molecule has 0 aliphatic rings. The van der Waals surface area contributed by atoms with E-state index in [0.717, 1.165) is 33.4 Å².